The van der Waals surface area contributed by atoms with Crippen molar-refractivity contribution in [2.45, 2.75) is 31.8 Å². The van der Waals surface area contributed by atoms with E-state index in [-0.39, 0.29) is 6.17 Å². The first kappa shape index (κ1) is 11.8. The maximum Gasteiger partial charge on any atom is 0.150 e. The number of hydrogen-bond acceptors (Lipinski definition) is 2. The van der Waals surface area contributed by atoms with Gasteiger partial charge in [-0.2, -0.15) is 0 Å². The number of rotatable bonds is 2. The van der Waals surface area contributed by atoms with Crippen LogP contribution in [0, 0.1) is 0 Å². The number of benzene rings is 1. The van der Waals surface area contributed by atoms with E-state index in [1.165, 1.54) is 5.56 Å². The highest BCUT2D eigenvalue weighted by molar-refractivity contribution is 6.30. The molecule has 0 bridgehead atoms. The molecule has 94 valence electrons. The van der Waals surface area contributed by atoms with Crippen molar-refractivity contribution in [3.63, 3.8) is 0 Å². The highest BCUT2D eigenvalue weighted by Gasteiger charge is 2.23. The zero-order chi connectivity index (χ0) is 12.5. The van der Waals surface area contributed by atoms with Crippen LogP contribution in [0.4, 0.5) is 0 Å². The first-order valence-corrected chi connectivity index (χ1v) is 6.68. The number of nitrogens with zero attached hydrogens (tertiary/aromatic N) is 2. The molecule has 3 nitrogen and oxygen atoms in total. The zero-order valence-corrected chi connectivity index (χ0v) is 10.9. The number of hydrogen-bond donors (Lipinski definition) is 1. The van der Waals surface area contributed by atoms with Crippen LogP contribution in [-0.4, -0.2) is 9.55 Å². The molecule has 2 heterocycles. The predicted molar refractivity (Wildman–Crippen MR) is 72.6 cm³/mol. The van der Waals surface area contributed by atoms with Gasteiger partial charge in [0.2, 0.25) is 0 Å². The Morgan fingerprint density at radius 2 is 2.11 bits per heavy atom. The van der Waals surface area contributed by atoms with Gasteiger partial charge in [-0.25, -0.2) is 4.98 Å². The Balaban J connectivity index is 1.98. The molecule has 1 aromatic carbocycles. The summed E-state index contributed by atoms with van der Waals surface area (Å²) >= 11 is 6.21. The molecule has 0 spiro atoms. The van der Waals surface area contributed by atoms with E-state index in [1.807, 2.05) is 18.2 Å². The summed E-state index contributed by atoms with van der Waals surface area (Å²) in [6.45, 7) is 0. The van der Waals surface area contributed by atoms with E-state index in [0.29, 0.717) is 5.15 Å². The van der Waals surface area contributed by atoms with Crippen molar-refractivity contribution >= 4 is 11.6 Å². The molecule has 0 amide bonds. The summed E-state index contributed by atoms with van der Waals surface area (Å²) in [6, 6.07) is 10.3. The largest absolute Gasteiger partial charge is 0.314 e. The third-order valence-corrected chi connectivity index (χ3v) is 3.79. The summed E-state index contributed by atoms with van der Waals surface area (Å²) in [7, 11) is 0. The first-order chi connectivity index (χ1) is 8.75. The van der Waals surface area contributed by atoms with Crippen molar-refractivity contribution in [3.8, 4) is 0 Å². The molecule has 4 heteroatoms. The summed E-state index contributed by atoms with van der Waals surface area (Å²) in [5.41, 5.74) is 8.51. The minimum absolute atomic E-state index is 0.0208. The van der Waals surface area contributed by atoms with Crippen molar-refractivity contribution in [2.24, 2.45) is 5.73 Å². The molecule has 1 atom stereocenters. The van der Waals surface area contributed by atoms with Crippen LogP contribution < -0.4 is 5.73 Å². The van der Waals surface area contributed by atoms with Crippen LogP contribution in [0.2, 0.25) is 5.15 Å². The van der Waals surface area contributed by atoms with Gasteiger partial charge in [-0.15, -0.1) is 0 Å². The molecule has 1 unspecified atom stereocenters. The van der Waals surface area contributed by atoms with Gasteiger partial charge in [-0.05, 0) is 24.8 Å². The summed E-state index contributed by atoms with van der Waals surface area (Å²) in [5, 5.41) is 0.621. The Labute approximate surface area is 112 Å². The van der Waals surface area contributed by atoms with E-state index in [9.17, 15) is 0 Å². The normalized spacial score (nSPS) is 18.7. The monoisotopic (exact) mass is 261 g/mol. The van der Waals surface area contributed by atoms with Gasteiger partial charge in [-0.1, -0.05) is 41.9 Å². The lowest BCUT2D eigenvalue weighted by Crippen LogP contribution is -2.26. The molecular formula is C14H16ClN3. The zero-order valence-electron chi connectivity index (χ0n) is 10.1. The molecule has 1 aliphatic rings. The number of halogens is 1. The molecule has 18 heavy (non-hydrogen) atoms. The van der Waals surface area contributed by atoms with Crippen molar-refractivity contribution in [1.82, 2.24) is 9.55 Å². The van der Waals surface area contributed by atoms with E-state index in [2.05, 4.69) is 21.7 Å². The first-order valence-electron chi connectivity index (χ1n) is 6.30. The highest BCUT2D eigenvalue weighted by atomic mass is 35.5. The van der Waals surface area contributed by atoms with Gasteiger partial charge in [0, 0.05) is 6.42 Å². The summed E-state index contributed by atoms with van der Waals surface area (Å²) < 4.78 is 2.12. The third-order valence-electron chi connectivity index (χ3n) is 3.48. The molecule has 2 N–H and O–H groups in total. The summed E-state index contributed by atoms with van der Waals surface area (Å²) in [4.78, 5) is 4.49. The van der Waals surface area contributed by atoms with Crippen LogP contribution in [0.3, 0.4) is 0 Å². The van der Waals surface area contributed by atoms with E-state index in [4.69, 9.17) is 17.3 Å². The maximum atomic E-state index is 6.21. The maximum absolute atomic E-state index is 6.21. The van der Waals surface area contributed by atoms with Gasteiger partial charge in [0.25, 0.3) is 0 Å². The molecular weight excluding hydrogens is 246 g/mol. The second-order valence-electron chi connectivity index (χ2n) is 4.76. The van der Waals surface area contributed by atoms with Crippen molar-refractivity contribution in [2.75, 3.05) is 0 Å². The minimum Gasteiger partial charge on any atom is -0.314 e. The van der Waals surface area contributed by atoms with Gasteiger partial charge < -0.3 is 10.3 Å². The van der Waals surface area contributed by atoms with Gasteiger partial charge in [-0.3, -0.25) is 0 Å². The van der Waals surface area contributed by atoms with Crippen molar-refractivity contribution < 1.29 is 0 Å². The standard InChI is InChI=1S/C14H16ClN3/c15-14-11-7-4-8-12(16)18(11)13(17-14)9-10-5-2-1-3-6-10/h1-3,5-6,12H,4,7-9,16H2. The summed E-state index contributed by atoms with van der Waals surface area (Å²) in [5.74, 6) is 0.980. The SMILES string of the molecule is NC1CCCc2c(Cl)nc(Cc3ccccc3)n21. The highest BCUT2D eigenvalue weighted by Crippen LogP contribution is 2.29. The van der Waals surface area contributed by atoms with Gasteiger partial charge >= 0.3 is 0 Å². The van der Waals surface area contributed by atoms with Gasteiger partial charge in [0.15, 0.2) is 5.15 Å². The smallest absolute Gasteiger partial charge is 0.150 e. The second kappa shape index (κ2) is 4.75. The van der Waals surface area contributed by atoms with E-state index < -0.39 is 0 Å². The van der Waals surface area contributed by atoms with Crippen LogP contribution in [0.15, 0.2) is 30.3 Å². The lowest BCUT2D eigenvalue weighted by molar-refractivity contribution is 0.403. The van der Waals surface area contributed by atoms with Crippen LogP contribution >= 0.6 is 11.6 Å². The molecule has 0 fully saturated rings. The number of nitrogens with two attached hydrogens (primary N) is 1. The van der Waals surface area contributed by atoms with Crippen LogP contribution in [-0.2, 0) is 12.8 Å². The van der Waals surface area contributed by atoms with E-state index >= 15 is 0 Å². The number of imidazole rings is 1. The van der Waals surface area contributed by atoms with Gasteiger partial charge in [0.1, 0.15) is 5.82 Å². The molecule has 1 aliphatic heterocycles. The summed E-state index contributed by atoms with van der Waals surface area (Å²) in [6.07, 6.45) is 3.88. The minimum atomic E-state index is 0.0208. The quantitative estimate of drug-likeness (QED) is 0.903. The predicted octanol–water partition coefficient (Wildman–Crippen LogP) is 2.92. The van der Waals surface area contributed by atoms with Crippen LogP contribution in [0.1, 0.15) is 36.1 Å². The Hall–Kier alpha value is -1.32. The van der Waals surface area contributed by atoms with Crippen LogP contribution in [0.25, 0.3) is 0 Å². The Morgan fingerprint density at radius 1 is 1.33 bits per heavy atom. The van der Waals surface area contributed by atoms with E-state index in [1.54, 1.807) is 0 Å². The lowest BCUT2D eigenvalue weighted by atomic mass is 10.1. The average molecular weight is 262 g/mol. The van der Waals surface area contributed by atoms with Gasteiger partial charge in [0.05, 0.1) is 11.9 Å². The molecule has 3 rings (SSSR count). The van der Waals surface area contributed by atoms with E-state index in [0.717, 1.165) is 37.2 Å². The topological polar surface area (TPSA) is 43.8 Å². The third kappa shape index (κ3) is 2.04. The fourth-order valence-electron chi connectivity index (χ4n) is 2.61. The Bertz CT molecular complexity index is 548. The molecule has 0 aliphatic carbocycles. The van der Waals surface area contributed by atoms with Crippen LogP contribution in [0.5, 0.6) is 0 Å². The fraction of sp³-hybridized carbons (Fsp3) is 0.357. The fourth-order valence-corrected chi connectivity index (χ4v) is 2.90. The Kier molecular flexibility index (Phi) is 3.10. The molecule has 0 saturated heterocycles. The molecule has 0 saturated carbocycles. The molecule has 1 aromatic heterocycles. The number of aromatic nitrogens is 2. The van der Waals surface area contributed by atoms with Crippen molar-refractivity contribution in [3.05, 3.63) is 52.6 Å². The second-order valence-corrected chi connectivity index (χ2v) is 5.12. The average Bonchev–Trinajstić information content (AvgIpc) is 2.69. The molecule has 0 radical (unpaired) electrons. The Morgan fingerprint density at radius 3 is 2.89 bits per heavy atom. The lowest BCUT2D eigenvalue weighted by Gasteiger charge is -2.24. The molecule has 2 aromatic rings. The number of fused-ring (bicyclic) bond motifs is 1. The van der Waals surface area contributed by atoms with Crippen molar-refractivity contribution in [1.29, 1.82) is 0 Å².